The summed E-state index contributed by atoms with van der Waals surface area (Å²) in [6.07, 6.45) is 8.37. The molecular formula is C23H27N5O3S. The molecule has 2 aromatic heterocycles. The van der Waals surface area contributed by atoms with Crippen LogP contribution in [0.15, 0.2) is 47.1 Å². The van der Waals surface area contributed by atoms with Gasteiger partial charge >= 0.3 is 0 Å². The second kappa shape index (κ2) is 10.5. The number of carbonyl (C=O) groups is 2. The normalized spacial score (nSPS) is 14.3. The maximum atomic E-state index is 12.9. The Morgan fingerprint density at radius 1 is 1.16 bits per heavy atom. The smallest absolute Gasteiger partial charge is 0.287 e. The molecule has 168 valence electrons. The van der Waals surface area contributed by atoms with Gasteiger partial charge in [0, 0.05) is 24.2 Å². The molecule has 1 aromatic carbocycles. The van der Waals surface area contributed by atoms with E-state index in [4.69, 9.17) is 4.42 Å². The minimum absolute atomic E-state index is 0.184. The first-order valence-corrected chi connectivity index (χ1v) is 12.2. The van der Waals surface area contributed by atoms with E-state index in [-0.39, 0.29) is 11.7 Å². The quantitative estimate of drug-likeness (QED) is 0.539. The van der Waals surface area contributed by atoms with Crippen molar-refractivity contribution in [2.45, 2.75) is 44.7 Å². The van der Waals surface area contributed by atoms with Crippen LogP contribution in [0.3, 0.4) is 0 Å². The highest BCUT2D eigenvalue weighted by Gasteiger charge is 2.23. The van der Waals surface area contributed by atoms with Crippen molar-refractivity contribution in [3.63, 3.8) is 0 Å². The average Bonchev–Trinajstić information content (AvgIpc) is 3.43. The molecule has 32 heavy (non-hydrogen) atoms. The first-order valence-electron chi connectivity index (χ1n) is 10.8. The molecule has 2 amide bonds. The van der Waals surface area contributed by atoms with Crippen LogP contribution < -0.4 is 10.6 Å². The van der Waals surface area contributed by atoms with Crippen molar-refractivity contribution in [1.29, 1.82) is 0 Å². The van der Waals surface area contributed by atoms with E-state index in [1.165, 1.54) is 12.7 Å². The van der Waals surface area contributed by atoms with Gasteiger partial charge in [0.1, 0.15) is 11.9 Å². The number of nitrogens with zero attached hydrogens (tertiary/aromatic N) is 3. The first kappa shape index (κ1) is 22.1. The molecule has 0 bridgehead atoms. The number of carbonyl (C=O) groups excluding carboxylic acids is 2. The number of hydrogen-bond acceptors (Lipinski definition) is 6. The van der Waals surface area contributed by atoms with E-state index in [9.17, 15) is 9.59 Å². The van der Waals surface area contributed by atoms with Gasteiger partial charge in [-0.05, 0) is 67.7 Å². The summed E-state index contributed by atoms with van der Waals surface area (Å²) in [6.45, 7) is 0.933. The molecule has 8 nitrogen and oxygen atoms in total. The van der Waals surface area contributed by atoms with Gasteiger partial charge < -0.3 is 19.6 Å². The lowest BCUT2D eigenvalue weighted by atomic mass is 10.1. The van der Waals surface area contributed by atoms with Crippen molar-refractivity contribution in [3.05, 3.63) is 54.2 Å². The molecular weight excluding hydrogens is 426 g/mol. The van der Waals surface area contributed by atoms with Gasteiger partial charge in [-0.1, -0.05) is 6.42 Å². The van der Waals surface area contributed by atoms with Crippen molar-refractivity contribution in [1.82, 2.24) is 20.1 Å². The standard InChI is InChI=1S/C23H27N5O3S/c1-32-15-12-18(25-23(30)19-6-5-14-31-19)22(29)24-17-10-8-16(9-11-17)21-27-26-20-7-3-2-4-13-28(20)21/h5-6,8-11,14,18H,2-4,7,12-13,15H2,1H3,(H,24,29)(H,25,30). The molecule has 1 atom stereocenters. The number of nitrogens with one attached hydrogen (secondary N) is 2. The molecule has 1 unspecified atom stereocenters. The third-order valence-corrected chi connectivity index (χ3v) is 6.14. The van der Waals surface area contributed by atoms with Crippen LogP contribution in [0.25, 0.3) is 11.4 Å². The van der Waals surface area contributed by atoms with Crippen LogP contribution in [-0.2, 0) is 17.8 Å². The molecule has 3 heterocycles. The predicted molar refractivity (Wildman–Crippen MR) is 125 cm³/mol. The van der Waals surface area contributed by atoms with E-state index in [1.807, 2.05) is 30.5 Å². The minimum atomic E-state index is -0.660. The maximum absolute atomic E-state index is 12.9. The highest BCUT2D eigenvalue weighted by atomic mass is 32.2. The highest BCUT2D eigenvalue weighted by Crippen LogP contribution is 2.24. The molecule has 1 aliphatic rings. The molecule has 4 rings (SSSR count). The number of aryl methyl sites for hydroxylation is 1. The van der Waals surface area contributed by atoms with E-state index < -0.39 is 11.9 Å². The van der Waals surface area contributed by atoms with Crippen molar-refractivity contribution in [2.75, 3.05) is 17.3 Å². The van der Waals surface area contributed by atoms with Crippen molar-refractivity contribution in [3.8, 4) is 11.4 Å². The molecule has 0 fully saturated rings. The molecule has 2 N–H and O–H groups in total. The molecule has 3 aromatic rings. The first-order chi connectivity index (χ1) is 15.7. The Balaban J connectivity index is 1.43. The number of benzene rings is 1. The fraction of sp³-hybridized carbons (Fsp3) is 0.391. The summed E-state index contributed by atoms with van der Waals surface area (Å²) >= 11 is 1.62. The van der Waals surface area contributed by atoms with Gasteiger partial charge in [0.25, 0.3) is 5.91 Å². The summed E-state index contributed by atoms with van der Waals surface area (Å²) in [6, 6.07) is 10.1. The molecule has 9 heteroatoms. The molecule has 0 spiro atoms. The fourth-order valence-corrected chi connectivity index (χ4v) is 4.24. The van der Waals surface area contributed by atoms with Crippen LogP contribution in [0.2, 0.25) is 0 Å². The average molecular weight is 454 g/mol. The van der Waals surface area contributed by atoms with Gasteiger partial charge in [0.15, 0.2) is 11.6 Å². The Bertz CT molecular complexity index is 1050. The van der Waals surface area contributed by atoms with Gasteiger partial charge in [-0.3, -0.25) is 9.59 Å². The summed E-state index contributed by atoms with van der Waals surface area (Å²) in [7, 11) is 0. The van der Waals surface area contributed by atoms with Crippen LogP contribution in [0, 0.1) is 0 Å². The number of thioether (sulfide) groups is 1. The molecule has 1 aliphatic heterocycles. The Kier molecular flexibility index (Phi) is 7.26. The number of furan rings is 1. The summed E-state index contributed by atoms with van der Waals surface area (Å²) in [4.78, 5) is 25.2. The van der Waals surface area contributed by atoms with Gasteiger partial charge in [0.05, 0.1) is 6.26 Å². The topological polar surface area (TPSA) is 102 Å². The number of hydrogen-bond donors (Lipinski definition) is 2. The van der Waals surface area contributed by atoms with E-state index in [2.05, 4.69) is 25.4 Å². The van der Waals surface area contributed by atoms with E-state index in [1.54, 1.807) is 23.9 Å². The van der Waals surface area contributed by atoms with Gasteiger partial charge in [-0.2, -0.15) is 11.8 Å². The Hall–Kier alpha value is -3.07. The lowest BCUT2D eigenvalue weighted by molar-refractivity contribution is -0.118. The second-order valence-corrected chi connectivity index (χ2v) is 8.74. The van der Waals surface area contributed by atoms with E-state index >= 15 is 0 Å². The zero-order valence-electron chi connectivity index (χ0n) is 18.0. The summed E-state index contributed by atoms with van der Waals surface area (Å²) in [5.41, 5.74) is 1.63. The number of amides is 2. The number of aromatic nitrogens is 3. The Labute approximate surface area is 191 Å². The molecule has 0 saturated heterocycles. The predicted octanol–water partition coefficient (Wildman–Crippen LogP) is 3.75. The number of anilines is 1. The minimum Gasteiger partial charge on any atom is -0.459 e. The fourth-order valence-electron chi connectivity index (χ4n) is 3.77. The summed E-state index contributed by atoms with van der Waals surface area (Å²) in [5, 5.41) is 14.4. The third kappa shape index (κ3) is 5.21. The summed E-state index contributed by atoms with van der Waals surface area (Å²) in [5.74, 6) is 2.17. The molecule has 0 radical (unpaired) electrons. The zero-order chi connectivity index (χ0) is 22.3. The monoisotopic (exact) mass is 453 g/mol. The highest BCUT2D eigenvalue weighted by molar-refractivity contribution is 7.98. The van der Waals surface area contributed by atoms with E-state index in [0.29, 0.717) is 12.1 Å². The van der Waals surface area contributed by atoms with Gasteiger partial charge in [-0.25, -0.2) is 0 Å². The van der Waals surface area contributed by atoms with E-state index in [0.717, 1.165) is 48.8 Å². The lowest BCUT2D eigenvalue weighted by Crippen LogP contribution is -2.44. The second-order valence-electron chi connectivity index (χ2n) is 7.75. The molecule has 0 aliphatic carbocycles. The van der Waals surface area contributed by atoms with Crippen LogP contribution in [-0.4, -0.2) is 44.6 Å². The van der Waals surface area contributed by atoms with Crippen LogP contribution in [0.4, 0.5) is 5.69 Å². The van der Waals surface area contributed by atoms with Crippen LogP contribution in [0.5, 0.6) is 0 Å². The third-order valence-electron chi connectivity index (χ3n) is 5.50. The van der Waals surface area contributed by atoms with Gasteiger partial charge in [-0.15, -0.1) is 10.2 Å². The maximum Gasteiger partial charge on any atom is 0.287 e. The molecule has 0 saturated carbocycles. The number of rotatable bonds is 8. The Morgan fingerprint density at radius 2 is 2.00 bits per heavy atom. The SMILES string of the molecule is CSCCC(NC(=O)c1ccco1)C(=O)Nc1ccc(-c2nnc3n2CCCCC3)cc1. The van der Waals surface area contributed by atoms with Crippen molar-refractivity contribution < 1.29 is 14.0 Å². The largest absolute Gasteiger partial charge is 0.459 e. The van der Waals surface area contributed by atoms with Crippen molar-refractivity contribution in [2.24, 2.45) is 0 Å². The number of fused-ring (bicyclic) bond motifs is 1. The van der Waals surface area contributed by atoms with Crippen LogP contribution in [0.1, 0.15) is 42.1 Å². The summed E-state index contributed by atoms with van der Waals surface area (Å²) < 4.78 is 7.33. The zero-order valence-corrected chi connectivity index (χ0v) is 18.9. The Morgan fingerprint density at radius 3 is 2.75 bits per heavy atom. The lowest BCUT2D eigenvalue weighted by Gasteiger charge is -2.17. The van der Waals surface area contributed by atoms with Crippen molar-refractivity contribution >= 4 is 29.3 Å². The van der Waals surface area contributed by atoms with Crippen LogP contribution >= 0.6 is 11.8 Å². The van der Waals surface area contributed by atoms with Gasteiger partial charge in [0.2, 0.25) is 5.91 Å².